The van der Waals surface area contributed by atoms with Crippen LogP contribution in [0.2, 0.25) is 5.02 Å². The molecule has 3 unspecified atom stereocenters. The van der Waals surface area contributed by atoms with Gasteiger partial charge in [-0.25, -0.2) is 4.99 Å². The molecule has 2 aliphatic rings. The molecule has 0 bridgehead atoms. The quantitative estimate of drug-likeness (QED) is 0.656. The summed E-state index contributed by atoms with van der Waals surface area (Å²) in [6, 6.07) is 14.4. The molecule has 0 aromatic heterocycles. The molecule has 1 saturated carbocycles. The first-order chi connectivity index (χ1) is 11.6. The van der Waals surface area contributed by atoms with Crippen molar-refractivity contribution >= 4 is 53.6 Å². The van der Waals surface area contributed by atoms with Crippen LogP contribution in [-0.2, 0) is 6.54 Å². The predicted molar refractivity (Wildman–Crippen MR) is 116 cm³/mol. The van der Waals surface area contributed by atoms with Crippen LogP contribution in [0.4, 0.5) is 11.4 Å². The van der Waals surface area contributed by atoms with Crippen molar-refractivity contribution < 1.29 is 0 Å². The minimum absolute atomic E-state index is 0. The van der Waals surface area contributed by atoms with Crippen molar-refractivity contribution in [3.05, 3.63) is 58.6 Å². The third-order valence-corrected chi connectivity index (χ3v) is 5.62. The van der Waals surface area contributed by atoms with Gasteiger partial charge in [0.15, 0.2) is 0 Å². The number of anilines is 1. The highest BCUT2D eigenvalue weighted by atomic mass is 35.5. The zero-order valence-corrected chi connectivity index (χ0v) is 17.0. The topological polar surface area (TPSA) is 50.4 Å². The third kappa shape index (κ3) is 3.95. The van der Waals surface area contributed by atoms with Gasteiger partial charge in [-0.1, -0.05) is 36.7 Å². The van der Waals surface area contributed by atoms with Crippen molar-refractivity contribution in [2.75, 3.05) is 5.32 Å². The molecule has 1 fully saturated rings. The molecule has 2 aromatic carbocycles. The van der Waals surface area contributed by atoms with Crippen molar-refractivity contribution in [2.45, 2.75) is 32.2 Å². The zero-order valence-electron chi connectivity index (χ0n) is 14.6. The van der Waals surface area contributed by atoms with Crippen LogP contribution in [0.15, 0.2) is 47.5 Å². The van der Waals surface area contributed by atoms with Gasteiger partial charge in [0.05, 0.1) is 5.69 Å². The van der Waals surface area contributed by atoms with E-state index in [9.17, 15) is 0 Å². The summed E-state index contributed by atoms with van der Waals surface area (Å²) in [5, 5.41) is 4.22. The standard InChI is InChI=1S/C20H22ClN3.2ClH/c1-12-5-7-17-19(12)16-8-6-15(10-18(16)24-20(17)22)23-11-13-3-2-4-14(21)9-13;;/h2-4,6,8-10,12,17,19,23H,5,7,11H2,1H3,(H2,22,24);2*1H. The van der Waals surface area contributed by atoms with Gasteiger partial charge in [0.2, 0.25) is 0 Å². The maximum Gasteiger partial charge on any atom is 0.103 e. The molecule has 1 aliphatic carbocycles. The summed E-state index contributed by atoms with van der Waals surface area (Å²) in [6.45, 7) is 3.07. The summed E-state index contributed by atoms with van der Waals surface area (Å²) in [5.74, 6) is 2.44. The number of fused-ring (bicyclic) bond motifs is 3. The minimum Gasteiger partial charge on any atom is -0.387 e. The second kappa shape index (κ2) is 8.51. The molecule has 4 rings (SSSR count). The molecule has 0 saturated heterocycles. The number of nitrogens with one attached hydrogen (secondary N) is 1. The first-order valence-electron chi connectivity index (χ1n) is 8.58. The Balaban J connectivity index is 0.00000121. The van der Waals surface area contributed by atoms with E-state index in [1.807, 2.05) is 18.2 Å². The van der Waals surface area contributed by atoms with E-state index in [0.717, 1.165) is 40.8 Å². The number of halogens is 3. The van der Waals surface area contributed by atoms with Gasteiger partial charge in [-0.2, -0.15) is 0 Å². The summed E-state index contributed by atoms with van der Waals surface area (Å²) in [5.41, 5.74) is 10.8. The number of benzene rings is 2. The molecular weight excluding hydrogens is 389 g/mol. The Labute approximate surface area is 172 Å². The normalized spacial score (nSPS) is 23.0. The summed E-state index contributed by atoms with van der Waals surface area (Å²) in [7, 11) is 0. The molecule has 1 aliphatic heterocycles. The Morgan fingerprint density at radius 2 is 1.96 bits per heavy atom. The van der Waals surface area contributed by atoms with Crippen LogP contribution in [-0.4, -0.2) is 5.84 Å². The second-order valence-corrected chi connectivity index (χ2v) is 7.42. The van der Waals surface area contributed by atoms with Gasteiger partial charge in [-0.15, -0.1) is 24.8 Å². The Morgan fingerprint density at radius 1 is 1.15 bits per heavy atom. The van der Waals surface area contributed by atoms with Crippen molar-refractivity contribution in [2.24, 2.45) is 22.6 Å². The van der Waals surface area contributed by atoms with E-state index >= 15 is 0 Å². The maximum atomic E-state index is 6.24. The Bertz CT molecular complexity index is 807. The average Bonchev–Trinajstić information content (AvgIpc) is 2.96. The van der Waals surface area contributed by atoms with E-state index < -0.39 is 0 Å². The smallest absolute Gasteiger partial charge is 0.103 e. The van der Waals surface area contributed by atoms with Crippen LogP contribution in [0.1, 0.15) is 36.8 Å². The highest BCUT2D eigenvalue weighted by Gasteiger charge is 2.40. The molecule has 3 nitrogen and oxygen atoms in total. The second-order valence-electron chi connectivity index (χ2n) is 6.98. The fraction of sp³-hybridized carbons (Fsp3) is 0.350. The number of hydrogen-bond acceptors (Lipinski definition) is 3. The molecule has 1 heterocycles. The first-order valence-corrected chi connectivity index (χ1v) is 8.96. The molecular formula is C20H24Cl3N3. The highest BCUT2D eigenvalue weighted by molar-refractivity contribution is 6.30. The van der Waals surface area contributed by atoms with Crippen LogP contribution >= 0.6 is 36.4 Å². The van der Waals surface area contributed by atoms with Crippen molar-refractivity contribution in [3.8, 4) is 0 Å². The lowest BCUT2D eigenvalue weighted by Crippen LogP contribution is -2.29. The summed E-state index contributed by atoms with van der Waals surface area (Å²) >= 11 is 6.04. The molecule has 3 N–H and O–H groups in total. The van der Waals surface area contributed by atoms with E-state index in [4.69, 9.17) is 17.3 Å². The molecule has 0 amide bonds. The van der Waals surface area contributed by atoms with E-state index in [1.54, 1.807) is 0 Å². The Hall–Kier alpha value is -1.42. The fourth-order valence-electron chi connectivity index (χ4n) is 4.16. The van der Waals surface area contributed by atoms with E-state index in [2.05, 4.69) is 41.5 Å². The van der Waals surface area contributed by atoms with Crippen LogP contribution in [0.25, 0.3) is 0 Å². The summed E-state index contributed by atoms with van der Waals surface area (Å²) in [4.78, 5) is 4.69. The fourth-order valence-corrected chi connectivity index (χ4v) is 4.37. The number of aliphatic imine (C=N–C) groups is 1. The number of nitrogens with two attached hydrogens (primary N) is 1. The van der Waals surface area contributed by atoms with Crippen LogP contribution < -0.4 is 11.1 Å². The van der Waals surface area contributed by atoms with Gasteiger partial charge >= 0.3 is 0 Å². The molecule has 6 heteroatoms. The monoisotopic (exact) mass is 411 g/mol. The number of nitrogens with zero attached hydrogens (tertiary/aromatic N) is 1. The van der Waals surface area contributed by atoms with Crippen LogP contribution in [0.5, 0.6) is 0 Å². The summed E-state index contributed by atoms with van der Waals surface area (Å²) < 4.78 is 0. The molecule has 0 radical (unpaired) electrons. The van der Waals surface area contributed by atoms with Crippen LogP contribution in [0, 0.1) is 11.8 Å². The summed E-state index contributed by atoms with van der Waals surface area (Å²) in [6.07, 6.45) is 2.40. The van der Waals surface area contributed by atoms with Gasteiger partial charge < -0.3 is 11.1 Å². The lowest BCUT2D eigenvalue weighted by atomic mass is 9.80. The molecule has 0 spiro atoms. The Morgan fingerprint density at radius 3 is 2.73 bits per heavy atom. The van der Waals surface area contributed by atoms with Gasteiger partial charge in [0.25, 0.3) is 0 Å². The van der Waals surface area contributed by atoms with E-state index in [0.29, 0.717) is 17.8 Å². The van der Waals surface area contributed by atoms with E-state index in [-0.39, 0.29) is 24.8 Å². The molecule has 26 heavy (non-hydrogen) atoms. The van der Waals surface area contributed by atoms with Crippen molar-refractivity contribution in [1.29, 1.82) is 0 Å². The average molecular weight is 413 g/mol. The molecule has 140 valence electrons. The lowest BCUT2D eigenvalue weighted by Gasteiger charge is -2.29. The number of hydrogen-bond donors (Lipinski definition) is 2. The van der Waals surface area contributed by atoms with Gasteiger partial charge in [-0.3, -0.25) is 0 Å². The maximum absolute atomic E-state index is 6.24. The van der Waals surface area contributed by atoms with Gasteiger partial charge in [0.1, 0.15) is 5.84 Å². The van der Waals surface area contributed by atoms with Crippen LogP contribution in [0.3, 0.4) is 0 Å². The molecule has 2 aromatic rings. The minimum atomic E-state index is 0. The highest BCUT2D eigenvalue weighted by Crippen LogP contribution is 2.50. The van der Waals surface area contributed by atoms with Gasteiger partial charge in [-0.05, 0) is 60.1 Å². The van der Waals surface area contributed by atoms with Crippen molar-refractivity contribution in [3.63, 3.8) is 0 Å². The van der Waals surface area contributed by atoms with E-state index in [1.165, 1.54) is 12.0 Å². The number of rotatable bonds is 3. The Kier molecular flexibility index (Phi) is 6.84. The van der Waals surface area contributed by atoms with Gasteiger partial charge in [0, 0.05) is 23.2 Å². The lowest BCUT2D eigenvalue weighted by molar-refractivity contribution is 0.497. The third-order valence-electron chi connectivity index (χ3n) is 5.38. The number of amidine groups is 1. The zero-order chi connectivity index (χ0) is 16.7. The SMILES string of the molecule is CC1CCC2C(N)=Nc3cc(NCc4cccc(Cl)c4)ccc3C12.Cl.Cl. The first kappa shape index (κ1) is 20.9. The largest absolute Gasteiger partial charge is 0.387 e. The molecule has 3 atom stereocenters. The van der Waals surface area contributed by atoms with Crippen molar-refractivity contribution in [1.82, 2.24) is 0 Å². The predicted octanol–water partition coefficient (Wildman–Crippen LogP) is 5.93.